The second-order valence-electron chi connectivity index (χ2n) is 6.36. The Morgan fingerprint density at radius 3 is 2.33 bits per heavy atom. The van der Waals surface area contributed by atoms with Gasteiger partial charge in [-0.3, -0.25) is 9.59 Å². The molecule has 6 N–H and O–H groups in total. The van der Waals surface area contributed by atoms with Gasteiger partial charge in [-0.2, -0.15) is 0 Å². The molecule has 1 amide bonds. The Labute approximate surface area is 143 Å². The molecule has 8 nitrogen and oxygen atoms in total. The van der Waals surface area contributed by atoms with Crippen LogP contribution in [0.15, 0.2) is 4.99 Å². The Hall–Kier alpha value is -1.83. The predicted octanol–water partition coefficient (Wildman–Crippen LogP) is -0.261. The Kier molecular flexibility index (Phi) is 7.47. The number of nitrogens with zero attached hydrogens (tertiary/aromatic N) is 1. The van der Waals surface area contributed by atoms with Crippen LogP contribution in [-0.4, -0.2) is 48.2 Å². The highest BCUT2D eigenvalue weighted by Gasteiger charge is 2.51. The van der Waals surface area contributed by atoms with E-state index in [1.54, 1.807) is 0 Å². The average molecular weight is 342 g/mol. The molecule has 0 radical (unpaired) electrons. The summed E-state index contributed by atoms with van der Waals surface area (Å²) in [6.07, 6.45) is 0.944. The van der Waals surface area contributed by atoms with Crippen molar-refractivity contribution in [3.8, 4) is 0 Å². The molecule has 8 heteroatoms. The van der Waals surface area contributed by atoms with Gasteiger partial charge in [0.25, 0.3) is 0 Å². The summed E-state index contributed by atoms with van der Waals surface area (Å²) in [7, 11) is 1.28. The zero-order valence-electron chi connectivity index (χ0n) is 14.9. The van der Waals surface area contributed by atoms with E-state index in [0.717, 1.165) is 12.8 Å². The summed E-state index contributed by atoms with van der Waals surface area (Å²) in [6, 6.07) is -0.776. The molecule has 0 aromatic rings. The number of nitrogens with two attached hydrogens (primary N) is 2. The number of carbonyl (C=O) groups is 2. The minimum absolute atomic E-state index is 0.103. The fraction of sp³-hybridized carbons (Fsp3) is 0.812. The van der Waals surface area contributed by atoms with Crippen LogP contribution in [0, 0.1) is 17.8 Å². The van der Waals surface area contributed by atoms with Gasteiger partial charge in [-0.15, -0.1) is 0 Å². The fourth-order valence-corrected chi connectivity index (χ4v) is 3.78. The van der Waals surface area contributed by atoms with Crippen LogP contribution in [0.5, 0.6) is 0 Å². The quantitative estimate of drug-likeness (QED) is 0.285. The number of esters is 1. The normalized spacial score (nSPS) is 27.6. The predicted molar refractivity (Wildman–Crippen MR) is 90.9 cm³/mol. The first-order chi connectivity index (χ1) is 11.3. The fourth-order valence-electron chi connectivity index (χ4n) is 3.78. The van der Waals surface area contributed by atoms with Gasteiger partial charge in [0.1, 0.15) is 0 Å². The molecule has 0 heterocycles. The summed E-state index contributed by atoms with van der Waals surface area (Å²) in [5.74, 6) is -1.81. The van der Waals surface area contributed by atoms with Crippen LogP contribution < -0.4 is 16.8 Å². The van der Waals surface area contributed by atoms with Gasteiger partial charge in [-0.25, -0.2) is 4.99 Å². The third-order valence-corrected chi connectivity index (χ3v) is 4.91. The van der Waals surface area contributed by atoms with Gasteiger partial charge in [-0.05, 0) is 12.3 Å². The van der Waals surface area contributed by atoms with Crippen molar-refractivity contribution in [1.82, 2.24) is 5.32 Å². The highest BCUT2D eigenvalue weighted by atomic mass is 16.5. The monoisotopic (exact) mass is 342 g/mol. The summed E-state index contributed by atoms with van der Waals surface area (Å²) in [4.78, 5) is 27.9. The van der Waals surface area contributed by atoms with E-state index in [1.807, 2.05) is 13.8 Å². The number of aliphatic imine (C=N–C) groups is 1. The van der Waals surface area contributed by atoms with E-state index in [-0.39, 0.29) is 30.2 Å². The summed E-state index contributed by atoms with van der Waals surface area (Å²) in [6.45, 7) is 5.49. The van der Waals surface area contributed by atoms with E-state index in [1.165, 1.54) is 14.0 Å². The van der Waals surface area contributed by atoms with Gasteiger partial charge in [0, 0.05) is 18.9 Å². The second kappa shape index (κ2) is 8.86. The number of hydrogen-bond donors (Lipinski definition) is 4. The first-order valence-electron chi connectivity index (χ1n) is 8.38. The molecule has 0 aromatic carbocycles. The number of ether oxygens (including phenoxy) is 1. The zero-order valence-corrected chi connectivity index (χ0v) is 14.9. The maximum Gasteiger partial charge on any atom is 0.311 e. The molecule has 24 heavy (non-hydrogen) atoms. The highest BCUT2D eigenvalue weighted by Crippen LogP contribution is 2.39. The SMILES string of the molecule is CCC(CC)[C@H](NC(C)=O)[C@@H]1[C@H](O)[C@@H](C(=O)OC)C[C@H]1N=C(N)N. The van der Waals surface area contributed by atoms with Crippen molar-refractivity contribution in [3.63, 3.8) is 0 Å². The number of rotatable bonds is 7. The summed E-state index contributed by atoms with van der Waals surface area (Å²) < 4.78 is 4.78. The Balaban J connectivity index is 3.24. The molecular formula is C16H30N4O4. The number of nitrogens with one attached hydrogen (secondary N) is 1. The molecule has 1 rings (SSSR count). The van der Waals surface area contributed by atoms with Crippen molar-refractivity contribution in [2.75, 3.05) is 7.11 Å². The Bertz CT molecular complexity index is 475. The van der Waals surface area contributed by atoms with Crippen LogP contribution in [-0.2, 0) is 14.3 Å². The maximum atomic E-state index is 12.0. The molecule has 1 fully saturated rings. The van der Waals surface area contributed by atoms with Gasteiger partial charge in [0.2, 0.25) is 5.91 Å². The number of carbonyl (C=O) groups excluding carboxylic acids is 2. The van der Waals surface area contributed by atoms with Gasteiger partial charge in [-0.1, -0.05) is 26.7 Å². The molecule has 5 atom stereocenters. The molecule has 0 unspecified atom stereocenters. The number of methoxy groups -OCH3 is 1. The molecule has 0 aliphatic heterocycles. The van der Waals surface area contributed by atoms with E-state index in [9.17, 15) is 14.7 Å². The third kappa shape index (κ3) is 4.59. The lowest BCUT2D eigenvalue weighted by Crippen LogP contribution is -2.51. The van der Waals surface area contributed by atoms with E-state index in [2.05, 4.69) is 10.3 Å². The number of aliphatic hydroxyl groups is 1. The first kappa shape index (κ1) is 20.2. The highest BCUT2D eigenvalue weighted by molar-refractivity contribution is 5.77. The van der Waals surface area contributed by atoms with Crippen molar-refractivity contribution in [2.45, 2.75) is 58.2 Å². The van der Waals surface area contributed by atoms with E-state index < -0.39 is 30.0 Å². The molecule has 0 bridgehead atoms. The van der Waals surface area contributed by atoms with Crippen LogP contribution in [0.1, 0.15) is 40.0 Å². The van der Waals surface area contributed by atoms with Crippen LogP contribution in [0.2, 0.25) is 0 Å². The molecule has 0 aromatic heterocycles. The first-order valence-corrected chi connectivity index (χ1v) is 8.38. The largest absolute Gasteiger partial charge is 0.469 e. The molecule has 1 saturated carbocycles. The molecule has 0 spiro atoms. The molecule has 0 saturated heterocycles. The third-order valence-electron chi connectivity index (χ3n) is 4.91. The number of aliphatic hydroxyl groups excluding tert-OH is 1. The van der Waals surface area contributed by atoms with Crippen LogP contribution >= 0.6 is 0 Å². The minimum Gasteiger partial charge on any atom is -0.469 e. The van der Waals surface area contributed by atoms with E-state index >= 15 is 0 Å². The van der Waals surface area contributed by atoms with Gasteiger partial charge >= 0.3 is 5.97 Å². The lowest BCUT2D eigenvalue weighted by atomic mass is 9.80. The molecule has 138 valence electrons. The zero-order chi connectivity index (χ0) is 18.4. The van der Waals surface area contributed by atoms with Crippen LogP contribution in [0.3, 0.4) is 0 Å². The molecular weight excluding hydrogens is 312 g/mol. The summed E-state index contributed by atoms with van der Waals surface area (Å²) in [5.41, 5.74) is 11.0. The smallest absolute Gasteiger partial charge is 0.311 e. The topological polar surface area (TPSA) is 140 Å². The summed E-state index contributed by atoms with van der Waals surface area (Å²) in [5, 5.41) is 13.7. The number of guanidine groups is 1. The molecule has 1 aliphatic rings. The van der Waals surface area contributed by atoms with Crippen molar-refractivity contribution < 1.29 is 19.4 Å². The molecule has 1 aliphatic carbocycles. The lowest BCUT2D eigenvalue weighted by Gasteiger charge is -2.35. The standard InChI is InChI=1S/C16H30N4O4/c1-5-9(6-2)13(19-8(3)21)12-11(20-16(17)18)7-10(14(12)22)15(23)24-4/h9-14,22H,5-7H2,1-4H3,(H,19,21)(H4,17,18,20)/t10-,11+,12+,13-,14+/m0/s1. The Morgan fingerprint density at radius 2 is 1.92 bits per heavy atom. The van der Waals surface area contributed by atoms with Crippen LogP contribution in [0.25, 0.3) is 0 Å². The van der Waals surface area contributed by atoms with Crippen molar-refractivity contribution >= 4 is 17.8 Å². The number of amides is 1. The van der Waals surface area contributed by atoms with Gasteiger partial charge < -0.3 is 26.6 Å². The summed E-state index contributed by atoms with van der Waals surface area (Å²) >= 11 is 0. The maximum absolute atomic E-state index is 12.0. The van der Waals surface area contributed by atoms with Crippen molar-refractivity contribution in [2.24, 2.45) is 34.2 Å². The van der Waals surface area contributed by atoms with Crippen molar-refractivity contribution in [3.05, 3.63) is 0 Å². The van der Waals surface area contributed by atoms with E-state index in [0.29, 0.717) is 0 Å². The second-order valence-corrected chi connectivity index (χ2v) is 6.36. The van der Waals surface area contributed by atoms with E-state index in [4.69, 9.17) is 16.2 Å². The Morgan fingerprint density at radius 1 is 1.33 bits per heavy atom. The average Bonchev–Trinajstić information content (AvgIpc) is 2.82. The number of hydrogen-bond acceptors (Lipinski definition) is 5. The van der Waals surface area contributed by atoms with Gasteiger partial charge in [0.15, 0.2) is 5.96 Å². The van der Waals surface area contributed by atoms with Gasteiger partial charge in [0.05, 0.1) is 25.2 Å². The lowest BCUT2D eigenvalue weighted by molar-refractivity contribution is -0.149. The minimum atomic E-state index is -0.983. The van der Waals surface area contributed by atoms with Crippen molar-refractivity contribution in [1.29, 1.82) is 0 Å². The van der Waals surface area contributed by atoms with Crippen LogP contribution in [0.4, 0.5) is 0 Å².